The normalized spacial score (nSPS) is 16.3. The van der Waals surface area contributed by atoms with Crippen molar-refractivity contribution in [2.24, 2.45) is 5.50 Å². The molecule has 7 heteroatoms. The van der Waals surface area contributed by atoms with Gasteiger partial charge in [-0.25, -0.2) is 4.39 Å². The SMILES string of the molecule is NP(O)(=S)NC(=O)CF. The number of hydrogen-bond acceptors (Lipinski definition) is 2. The monoisotopic (exact) mass is 172 g/mol. The molecule has 0 aromatic rings. The van der Waals surface area contributed by atoms with E-state index in [1.165, 1.54) is 0 Å². The molecule has 0 bridgehead atoms. The number of nitrogens with one attached hydrogen (secondary N) is 1. The molecule has 1 unspecified atom stereocenters. The van der Waals surface area contributed by atoms with Gasteiger partial charge in [0, 0.05) is 0 Å². The molecular formula is C2H6FN2O2PS. The van der Waals surface area contributed by atoms with Crippen LogP contribution in [0.5, 0.6) is 0 Å². The lowest BCUT2D eigenvalue weighted by Gasteiger charge is -2.07. The first-order valence-electron chi connectivity index (χ1n) is 1.94. The molecule has 0 heterocycles. The first-order valence-corrected chi connectivity index (χ1v) is 4.76. The third-order valence-corrected chi connectivity index (χ3v) is 1.25. The Morgan fingerprint density at radius 3 is 2.56 bits per heavy atom. The summed E-state index contributed by atoms with van der Waals surface area (Å²) in [7, 11) is 0. The van der Waals surface area contributed by atoms with E-state index in [1.54, 1.807) is 5.09 Å². The first kappa shape index (κ1) is 8.97. The van der Waals surface area contributed by atoms with Crippen LogP contribution in [0.1, 0.15) is 0 Å². The van der Waals surface area contributed by atoms with E-state index in [0.29, 0.717) is 0 Å². The highest BCUT2D eigenvalue weighted by molar-refractivity contribution is 8.09. The predicted octanol–water partition coefficient (Wildman–Crippen LogP) is -0.752. The van der Waals surface area contributed by atoms with Crippen LogP contribution >= 0.6 is 6.57 Å². The van der Waals surface area contributed by atoms with Gasteiger partial charge in [0.25, 0.3) is 5.91 Å². The second-order valence-corrected chi connectivity index (χ2v) is 4.43. The number of hydrogen-bond donors (Lipinski definition) is 3. The lowest BCUT2D eigenvalue weighted by atomic mass is 10.7. The smallest absolute Gasteiger partial charge is 0.257 e. The van der Waals surface area contributed by atoms with Gasteiger partial charge in [0.05, 0.1) is 0 Å². The minimum atomic E-state index is -3.24. The zero-order valence-electron chi connectivity index (χ0n) is 4.37. The molecule has 0 aromatic heterocycles. The topological polar surface area (TPSA) is 75.3 Å². The summed E-state index contributed by atoms with van der Waals surface area (Å²) in [5, 5.41) is 1.71. The zero-order valence-corrected chi connectivity index (χ0v) is 6.08. The van der Waals surface area contributed by atoms with Crippen molar-refractivity contribution in [2.45, 2.75) is 0 Å². The third kappa shape index (κ3) is 5.85. The van der Waals surface area contributed by atoms with E-state index in [9.17, 15) is 9.18 Å². The van der Waals surface area contributed by atoms with Crippen molar-refractivity contribution in [3.05, 3.63) is 0 Å². The first-order chi connectivity index (χ1) is 3.95. The van der Waals surface area contributed by atoms with Crippen LogP contribution in [0.15, 0.2) is 0 Å². The summed E-state index contributed by atoms with van der Waals surface area (Å²) in [6, 6.07) is 0. The Balaban J connectivity index is 3.75. The van der Waals surface area contributed by atoms with E-state index in [2.05, 4.69) is 11.8 Å². The summed E-state index contributed by atoms with van der Waals surface area (Å²) in [4.78, 5) is 18.6. The average molecular weight is 172 g/mol. The fraction of sp³-hybridized carbons (Fsp3) is 0.500. The van der Waals surface area contributed by atoms with Crippen LogP contribution in [-0.2, 0) is 16.6 Å². The van der Waals surface area contributed by atoms with Crippen LogP contribution in [0, 0.1) is 0 Å². The molecule has 4 nitrogen and oxygen atoms in total. The van der Waals surface area contributed by atoms with Gasteiger partial charge < -0.3 is 4.89 Å². The molecule has 0 aliphatic carbocycles. The Bertz CT molecular complexity index is 157. The number of halogens is 1. The minimum absolute atomic E-state index is 0.983. The summed E-state index contributed by atoms with van der Waals surface area (Å²) < 4.78 is 11.3. The maximum Gasteiger partial charge on any atom is 0.257 e. The Labute approximate surface area is 56.4 Å². The van der Waals surface area contributed by atoms with E-state index < -0.39 is 19.1 Å². The van der Waals surface area contributed by atoms with Crippen LogP contribution < -0.4 is 10.6 Å². The molecule has 0 spiro atoms. The van der Waals surface area contributed by atoms with Crippen molar-refractivity contribution in [3.63, 3.8) is 0 Å². The van der Waals surface area contributed by atoms with E-state index in [4.69, 9.17) is 10.4 Å². The van der Waals surface area contributed by atoms with Crippen LogP contribution in [0.3, 0.4) is 0 Å². The van der Waals surface area contributed by atoms with Gasteiger partial charge in [0.2, 0.25) is 6.57 Å². The van der Waals surface area contributed by atoms with Gasteiger partial charge in [0.1, 0.15) is 0 Å². The summed E-state index contributed by atoms with van der Waals surface area (Å²) in [6.45, 7) is -4.46. The second kappa shape index (κ2) is 3.22. The number of carbonyl (C=O) groups is 1. The van der Waals surface area contributed by atoms with Crippen LogP contribution in [0.4, 0.5) is 4.39 Å². The fourth-order valence-corrected chi connectivity index (χ4v) is 0.931. The summed E-state index contributed by atoms with van der Waals surface area (Å²) >= 11 is 4.17. The molecule has 0 rings (SSSR count). The summed E-state index contributed by atoms with van der Waals surface area (Å²) in [5.74, 6) is -0.983. The zero-order chi connectivity index (χ0) is 7.49. The van der Waals surface area contributed by atoms with Gasteiger partial charge in [-0.1, -0.05) is 0 Å². The van der Waals surface area contributed by atoms with Gasteiger partial charge in [-0.3, -0.25) is 15.4 Å². The molecule has 0 aliphatic heterocycles. The van der Waals surface area contributed by atoms with Crippen molar-refractivity contribution < 1.29 is 14.1 Å². The molecule has 9 heavy (non-hydrogen) atoms. The van der Waals surface area contributed by atoms with Crippen molar-refractivity contribution >= 4 is 24.3 Å². The second-order valence-electron chi connectivity index (χ2n) is 1.29. The lowest BCUT2D eigenvalue weighted by Crippen LogP contribution is -2.24. The van der Waals surface area contributed by atoms with E-state index in [1.807, 2.05) is 0 Å². The van der Waals surface area contributed by atoms with Crippen LogP contribution in [0.2, 0.25) is 0 Å². The Morgan fingerprint density at radius 1 is 2.00 bits per heavy atom. The van der Waals surface area contributed by atoms with Gasteiger partial charge in [-0.2, -0.15) is 0 Å². The molecule has 0 radical (unpaired) electrons. The Morgan fingerprint density at radius 2 is 2.44 bits per heavy atom. The average Bonchev–Trinajstić information content (AvgIpc) is 1.62. The van der Waals surface area contributed by atoms with Gasteiger partial charge in [0.15, 0.2) is 6.67 Å². The van der Waals surface area contributed by atoms with Gasteiger partial charge in [-0.05, 0) is 11.8 Å². The molecular weight excluding hydrogens is 166 g/mol. The molecule has 0 aromatic carbocycles. The largest absolute Gasteiger partial charge is 0.339 e. The molecule has 0 saturated heterocycles. The number of amides is 1. The number of carbonyl (C=O) groups excluding carboxylic acids is 1. The van der Waals surface area contributed by atoms with Crippen molar-refractivity contribution in [3.8, 4) is 0 Å². The number of nitrogens with two attached hydrogens (primary N) is 1. The molecule has 0 aliphatic rings. The van der Waals surface area contributed by atoms with Crippen molar-refractivity contribution in [1.29, 1.82) is 0 Å². The lowest BCUT2D eigenvalue weighted by molar-refractivity contribution is -0.120. The molecule has 4 N–H and O–H groups in total. The maximum atomic E-state index is 11.3. The van der Waals surface area contributed by atoms with Gasteiger partial charge >= 0.3 is 0 Å². The maximum absolute atomic E-state index is 11.3. The molecule has 1 amide bonds. The Kier molecular flexibility index (Phi) is 3.21. The quantitative estimate of drug-likeness (QED) is 0.479. The third-order valence-electron chi connectivity index (χ3n) is 0.406. The summed E-state index contributed by atoms with van der Waals surface area (Å²) in [5.41, 5.74) is 4.79. The van der Waals surface area contributed by atoms with Crippen LogP contribution in [-0.4, -0.2) is 17.5 Å². The minimum Gasteiger partial charge on any atom is -0.339 e. The highest BCUT2D eigenvalue weighted by Gasteiger charge is 2.08. The molecule has 1 atom stereocenters. The Hall–Kier alpha value is -0.0300. The fourth-order valence-electron chi connectivity index (χ4n) is 0.209. The molecule has 0 fully saturated rings. The van der Waals surface area contributed by atoms with Crippen molar-refractivity contribution in [2.75, 3.05) is 6.67 Å². The van der Waals surface area contributed by atoms with E-state index in [0.717, 1.165) is 0 Å². The van der Waals surface area contributed by atoms with E-state index in [-0.39, 0.29) is 0 Å². The van der Waals surface area contributed by atoms with Crippen molar-refractivity contribution in [1.82, 2.24) is 5.09 Å². The number of rotatable bonds is 2. The highest BCUT2D eigenvalue weighted by Crippen LogP contribution is 2.22. The molecule has 54 valence electrons. The summed E-state index contributed by atoms with van der Waals surface area (Å²) in [6.07, 6.45) is 0. The van der Waals surface area contributed by atoms with Crippen LogP contribution in [0.25, 0.3) is 0 Å². The van der Waals surface area contributed by atoms with E-state index >= 15 is 0 Å². The standard InChI is InChI=1S/C2H6FN2O2PS/c3-1-2(6)5-8(4,7)9/h1H2,(H4,4,5,6,7,9). The molecule has 0 saturated carbocycles. The number of alkyl halides is 1. The predicted molar refractivity (Wildman–Crippen MR) is 34.8 cm³/mol. The highest BCUT2D eigenvalue weighted by atomic mass is 32.4. The van der Waals surface area contributed by atoms with Gasteiger partial charge in [-0.15, -0.1) is 0 Å².